The van der Waals surface area contributed by atoms with Crippen molar-refractivity contribution in [2.45, 2.75) is 78.1 Å². The van der Waals surface area contributed by atoms with Crippen molar-refractivity contribution in [2.75, 3.05) is 13.2 Å². The molecule has 0 radical (unpaired) electrons. The van der Waals surface area contributed by atoms with Crippen molar-refractivity contribution >= 4 is 16.5 Å². The molecular formula is C14H30NiO6P2+2. The minimum atomic E-state index is -2.62. The molecule has 0 fully saturated rings. The minimum Gasteiger partial charge on any atom is -0.566 e. The SMILES string of the molecule is CCCCCCCO[P+](=O)[O-].CCCCCCCO[P+](=O)[O-].[Ni+2]. The summed E-state index contributed by atoms with van der Waals surface area (Å²) in [5.41, 5.74) is 0. The fourth-order valence-corrected chi connectivity index (χ4v) is 2.25. The summed E-state index contributed by atoms with van der Waals surface area (Å²) in [6.07, 6.45) is 11.0. The molecule has 0 N–H and O–H groups in total. The maximum Gasteiger partial charge on any atom is 2.00 e. The first-order chi connectivity index (χ1) is 10.5. The number of unbranched alkanes of at least 4 members (excludes halogenated alkanes) is 8. The van der Waals surface area contributed by atoms with Gasteiger partial charge in [-0.05, 0) is 22.0 Å². The standard InChI is InChI=1S/2C7H15O3P.Ni/c2*1-2-3-4-5-6-7-10-11(8)9;/h2*2-7H2,1H3;/q;;+2. The molecule has 2 unspecified atom stereocenters. The van der Waals surface area contributed by atoms with Crippen LogP contribution in [-0.2, 0) is 34.7 Å². The molecule has 2 atom stereocenters. The first-order valence-corrected chi connectivity index (χ1v) is 10.3. The summed E-state index contributed by atoms with van der Waals surface area (Å²) < 4.78 is 28.6. The molecule has 0 saturated heterocycles. The molecule has 0 aliphatic rings. The van der Waals surface area contributed by atoms with Gasteiger partial charge in [0.05, 0.1) is 0 Å². The Morgan fingerprint density at radius 1 is 0.652 bits per heavy atom. The van der Waals surface area contributed by atoms with Gasteiger partial charge in [0.15, 0.2) is 0 Å². The number of rotatable bonds is 14. The maximum atomic E-state index is 9.90. The second-order valence-electron chi connectivity index (χ2n) is 4.94. The van der Waals surface area contributed by atoms with E-state index >= 15 is 0 Å². The Kier molecular flexibility index (Phi) is 30.5. The Morgan fingerprint density at radius 3 is 1.22 bits per heavy atom. The van der Waals surface area contributed by atoms with Crippen molar-refractivity contribution in [1.82, 2.24) is 0 Å². The first kappa shape index (κ1) is 28.3. The molecular weight excluding hydrogens is 385 g/mol. The van der Waals surface area contributed by atoms with Gasteiger partial charge < -0.3 is 9.79 Å². The summed E-state index contributed by atoms with van der Waals surface area (Å²) in [7, 11) is -5.25. The maximum absolute atomic E-state index is 9.90. The Bertz CT molecular complexity index is 244. The monoisotopic (exact) mass is 414 g/mol. The van der Waals surface area contributed by atoms with Gasteiger partial charge in [0.2, 0.25) is 0 Å². The Morgan fingerprint density at radius 2 is 0.957 bits per heavy atom. The van der Waals surface area contributed by atoms with Gasteiger partial charge in [-0.25, -0.2) is 0 Å². The molecule has 0 aliphatic carbocycles. The molecule has 0 amide bonds. The average molecular weight is 415 g/mol. The Labute approximate surface area is 152 Å². The average Bonchev–Trinajstić information content (AvgIpc) is 2.46. The van der Waals surface area contributed by atoms with Crippen LogP contribution in [0, 0.1) is 0 Å². The summed E-state index contributed by atoms with van der Waals surface area (Å²) in [4.78, 5) is 19.8. The molecule has 0 saturated carbocycles. The van der Waals surface area contributed by atoms with Crippen LogP contribution >= 0.6 is 16.5 Å². The van der Waals surface area contributed by atoms with Gasteiger partial charge in [-0.15, -0.1) is 9.05 Å². The van der Waals surface area contributed by atoms with Crippen molar-refractivity contribution in [3.05, 3.63) is 0 Å². The normalized spacial score (nSPS) is 11.1. The molecule has 23 heavy (non-hydrogen) atoms. The smallest absolute Gasteiger partial charge is 0.566 e. The van der Waals surface area contributed by atoms with Gasteiger partial charge in [-0.3, -0.25) is 0 Å². The predicted molar refractivity (Wildman–Crippen MR) is 84.6 cm³/mol. The van der Waals surface area contributed by atoms with E-state index in [0.29, 0.717) is 13.2 Å². The van der Waals surface area contributed by atoms with E-state index in [1.54, 1.807) is 0 Å². The number of hydrogen-bond donors (Lipinski definition) is 0. The van der Waals surface area contributed by atoms with Gasteiger partial charge >= 0.3 is 33.0 Å². The fourth-order valence-electron chi connectivity index (χ4n) is 1.69. The van der Waals surface area contributed by atoms with E-state index < -0.39 is 16.5 Å². The predicted octanol–water partition coefficient (Wildman–Crippen LogP) is 3.98. The molecule has 0 heterocycles. The molecule has 6 nitrogen and oxygen atoms in total. The van der Waals surface area contributed by atoms with Crippen LogP contribution in [0.25, 0.3) is 0 Å². The molecule has 0 aliphatic heterocycles. The minimum absolute atomic E-state index is 0. The van der Waals surface area contributed by atoms with E-state index in [1.165, 1.54) is 38.5 Å². The third-order valence-electron chi connectivity index (χ3n) is 2.89. The van der Waals surface area contributed by atoms with Crippen molar-refractivity contribution in [3.8, 4) is 0 Å². The van der Waals surface area contributed by atoms with E-state index in [4.69, 9.17) is 0 Å². The van der Waals surface area contributed by atoms with Gasteiger partial charge in [-0.1, -0.05) is 65.2 Å². The zero-order chi connectivity index (χ0) is 17.1. The third-order valence-corrected chi connectivity index (χ3v) is 3.68. The Balaban J connectivity index is -0.000000333. The van der Waals surface area contributed by atoms with Gasteiger partial charge in [0.25, 0.3) is 0 Å². The molecule has 0 spiro atoms. The first-order valence-electron chi connectivity index (χ1n) is 8.09. The topological polar surface area (TPSA) is 98.7 Å². The van der Waals surface area contributed by atoms with Crippen LogP contribution in [-0.4, -0.2) is 13.2 Å². The molecule has 0 rings (SSSR count). The van der Waals surface area contributed by atoms with Crippen LogP contribution < -0.4 is 9.79 Å². The Hall–Kier alpha value is 0.534. The molecule has 0 bridgehead atoms. The van der Waals surface area contributed by atoms with Crippen LogP contribution in [0.1, 0.15) is 78.1 Å². The van der Waals surface area contributed by atoms with Gasteiger partial charge in [0.1, 0.15) is 13.2 Å². The van der Waals surface area contributed by atoms with Crippen LogP contribution in [0.4, 0.5) is 0 Å². The molecule has 140 valence electrons. The van der Waals surface area contributed by atoms with Crippen molar-refractivity contribution < 1.29 is 44.5 Å². The zero-order valence-electron chi connectivity index (χ0n) is 14.1. The molecule has 9 heteroatoms. The van der Waals surface area contributed by atoms with Crippen LogP contribution in [0.5, 0.6) is 0 Å². The molecule has 0 aromatic rings. The van der Waals surface area contributed by atoms with Crippen LogP contribution in [0.2, 0.25) is 0 Å². The van der Waals surface area contributed by atoms with E-state index in [1.807, 2.05) is 0 Å². The summed E-state index contributed by atoms with van der Waals surface area (Å²) in [5, 5.41) is 0. The van der Waals surface area contributed by atoms with Crippen LogP contribution in [0.3, 0.4) is 0 Å². The second kappa shape index (κ2) is 24.8. The quantitative estimate of drug-likeness (QED) is 0.242. The van der Waals surface area contributed by atoms with Crippen molar-refractivity contribution in [3.63, 3.8) is 0 Å². The molecule has 0 aromatic heterocycles. The largest absolute Gasteiger partial charge is 2.00 e. The number of hydrogen-bond acceptors (Lipinski definition) is 6. The fraction of sp³-hybridized carbons (Fsp3) is 1.00. The molecule has 0 aromatic carbocycles. The van der Waals surface area contributed by atoms with Crippen molar-refractivity contribution in [2.24, 2.45) is 0 Å². The van der Waals surface area contributed by atoms with E-state index in [0.717, 1.165) is 25.7 Å². The third kappa shape index (κ3) is 34.8. The van der Waals surface area contributed by atoms with Gasteiger partial charge in [-0.2, -0.15) is 0 Å². The zero-order valence-corrected chi connectivity index (χ0v) is 16.9. The summed E-state index contributed by atoms with van der Waals surface area (Å²) in [5.74, 6) is 0. The summed E-state index contributed by atoms with van der Waals surface area (Å²) in [6.45, 7) is 4.99. The van der Waals surface area contributed by atoms with E-state index in [9.17, 15) is 18.9 Å². The van der Waals surface area contributed by atoms with E-state index in [-0.39, 0.29) is 16.5 Å². The summed E-state index contributed by atoms with van der Waals surface area (Å²) in [6, 6.07) is 0. The van der Waals surface area contributed by atoms with Gasteiger partial charge in [0, 0.05) is 0 Å². The second-order valence-corrected chi connectivity index (χ2v) is 6.35. The van der Waals surface area contributed by atoms with Crippen molar-refractivity contribution in [1.29, 1.82) is 0 Å². The van der Waals surface area contributed by atoms with Crippen LogP contribution in [0.15, 0.2) is 0 Å². The summed E-state index contributed by atoms with van der Waals surface area (Å²) >= 11 is 0. The van der Waals surface area contributed by atoms with E-state index in [2.05, 4.69) is 22.9 Å².